The molecule has 0 radical (unpaired) electrons. The van der Waals surface area contributed by atoms with E-state index in [1.807, 2.05) is 18.7 Å². The number of rotatable bonds is 8. The molecule has 0 spiro atoms. The van der Waals surface area contributed by atoms with E-state index in [0.29, 0.717) is 13.0 Å². The van der Waals surface area contributed by atoms with E-state index in [4.69, 9.17) is 5.73 Å². The molecule has 0 aromatic heterocycles. The Hall–Kier alpha value is -0.610. The van der Waals surface area contributed by atoms with Gasteiger partial charge < -0.3 is 15.5 Å². The molecule has 1 amide bonds. The van der Waals surface area contributed by atoms with Gasteiger partial charge in [0.25, 0.3) is 0 Å². The zero-order chi connectivity index (χ0) is 13.7. The van der Waals surface area contributed by atoms with Crippen LogP contribution < -0.4 is 5.73 Å². The van der Waals surface area contributed by atoms with Gasteiger partial charge in [-0.25, -0.2) is 0 Å². The normalized spacial score (nSPS) is 24.1. The number of likely N-dealkylation sites (N-methyl/N-ethyl adjacent to an activating group) is 1. The van der Waals surface area contributed by atoms with Crippen molar-refractivity contribution in [2.75, 3.05) is 33.2 Å². The van der Waals surface area contributed by atoms with Crippen molar-refractivity contribution in [1.82, 2.24) is 9.80 Å². The van der Waals surface area contributed by atoms with Crippen LogP contribution in [0.1, 0.15) is 33.6 Å². The molecule has 4 nitrogen and oxygen atoms in total. The minimum Gasteiger partial charge on any atom is -0.343 e. The van der Waals surface area contributed by atoms with Crippen molar-refractivity contribution < 1.29 is 4.79 Å². The Balaban J connectivity index is 2.42. The predicted molar refractivity (Wildman–Crippen MR) is 75.3 cm³/mol. The van der Waals surface area contributed by atoms with Crippen LogP contribution in [0.25, 0.3) is 0 Å². The summed E-state index contributed by atoms with van der Waals surface area (Å²) in [7, 11) is 2.10. The average molecular weight is 255 g/mol. The molecule has 106 valence electrons. The zero-order valence-electron chi connectivity index (χ0n) is 12.4. The van der Waals surface area contributed by atoms with Crippen LogP contribution in [0.5, 0.6) is 0 Å². The molecule has 18 heavy (non-hydrogen) atoms. The number of nitrogens with zero attached hydrogens (tertiary/aromatic N) is 2. The Morgan fingerprint density at radius 2 is 1.94 bits per heavy atom. The third-order valence-electron chi connectivity index (χ3n) is 4.22. The number of hydrogen-bond donors (Lipinski definition) is 1. The quantitative estimate of drug-likeness (QED) is 0.708. The first-order chi connectivity index (χ1) is 8.53. The summed E-state index contributed by atoms with van der Waals surface area (Å²) in [5, 5.41) is 0. The first-order valence-corrected chi connectivity index (χ1v) is 7.21. The first-order valence-electron chi connectivity index (χ1n) is 7.21. The summed E-state index contributed by atoms with van der Waals surface area (Å²) in [5.41, 5.74) is 5.82. The molecule has 1 aliphatic rings. The molecule has 1 rings (SSSR count). The van der Waals surface area contributed by atoms with Crippen LogP contribution in [0.2, 0.25) is 0 Å². The number of amides is 1. The number of carbonyl (C=O) groups is 1. The maximum Gasteiger partial charge on any atom is 0.224 e. The second kappa shape index (κ2) is 7.10. The summed E-state index contributed by atoms with van der Waals surface area (Å²) >= 11 is 0. The third kappa shape index (κ3) is 4.25. The van der Waals surface area contributed by atoms with Crippen LogP contribution in [0.4, 0.5) is 0 Å². The van der Waals surface area contributed by atoms with E-state index in [1.54, 1.807) is 0 Å². The fraction of sp³-hybridized carbons (Fsp3) is 0.929. The van der Waals surface area contributed by atoms with E-state index in [-0.39, 0.29) is 11.9 Å². The largest absolute Gasteiger partial charge is 0.343 e. The molecule has 0 aromatic rings. The van der Waals surface area contributed by atoms with Gasteiger partial charge in [-0.05, 0) is 39.2 Å². The Morgan fingerprint density at radius 1 is 1.39 bits per heavy atom. The molecule has 1 fully saturated rings. The minimum atomic E-state index is 0.186. The molecule has 2 N–H and O–H groups in total. The molecule has 1 saturated carbocycles. The van der Waals surface area contributed by atoms with E-state index in [1.165, 1.54) is 6.42 Å². The summed E-state index contributed by atoms with van der Waals surface area (Å²) in [6.07, 6.45) is 1.88. The highest BCUT2D eigenvalue weighted by molar-refractivity contribution is 5.76. The van der Waals surface area contributed by atoms with Gasteiger partial charge >= 0.3 is 0 Å². The van der Waals surface area contributed by atoms with E-state index < -0.39 is 0 Å². The maximum atomic E-state index is 12.1. The molecular weight excluding hydrogens is 226 g/mol. The van der Waals surface area contributed by atoms with Crippen molar-refractivity contribution in [3.63, 3.8) is 0 Å². The van der Waals surface area contributed by atoms with Crippen LogP contribution in [-0.4, -0.2) is 55.0 Å². The molecule has 0 bridgehead atoms. The van der Waals surface area contributed by atoms with Crippen molar-refractivity contribution in [1.29, 1.82) is 0 Å². The topological polar surface area (TPSA) is 49.6 Å². The fourth-order valence-corrected chi connectivity index (χ4v) is 2.50. The second-order valence-corrected chi connectivity index (χ2v) is 5.57. The summed E-state index contributed by atoms with van der Waals surface area (Å²) < 4.78 is 0. The predicted octanol–water partition coefficient (Wildman–Crippen LogP) is 1.16. The highest BCUT2D eigenvalue weighted by Crippen LogP contribution is 2.38. The standard InChI is InChI=1S/C14H29N3O/c1-5-17(6-2)14(18)8-13(9-15)16(4)10-12-7-11(12)3/h11-13H,5-10,15H2,1-4H3. The van der Waals surface area contributed by atoms with Gasteiger partial charge in [-0.15, -0.1) is 0 Å². The van der Waals surface area contributed by atoms with Gasteiger partial charge in [0, 0.05) is 38.6 Å². The van der Waals surface area contributed by atoms with Gasteiger partial charge in [0.1, 0.15) is 0 Å². The maximum absolute atomic E-state index is 12.1. The van der Waals surface area contributed by atoms with Gasteiger partial charge in [0.05, 0.1) is 0 Å². The highest BCUT2D eigenvalue weighted by atomic mass is 16.2. The Kier molecular flexibility index (Phi) is 6.09. The zero-order valence-corrected chi connectivity index (χ0v) is 12.4. The molecule has 0 heterocycles. The van der Waals surface area contributed by atoms with Crippen LogP contribution in [0.3, 0.4) is 0 Å². The summed E-state index contributed by atoms with van der Waals surface area (Å²) in [5.74, 6) is 1.89. The van der Waals surface area contributed by atoms with Gasteiger partial charge in [0.2, 0.25) is 5.91 Å². The molecule has 4 heteroatoms. The van der Waals surface area contributed by atoms with E-state index >= 15 is 0 Å². The van der Waals surface area contributed by atoms with Gasteiger partial charge in [-0.2, -0.15) is 0 Å². The Morgan fingerprint density at radius 3 is 2.33 bits per heavy atom. The Labute approximate surface area is 111 Å². The smallest absolute Gasteiger partial charge is 0.224 e. The Bertz CT molecular complexity index is 266. The minimum absolute atomic E-state index is 0.186. The van der Waals surface area contributed by atoms with E-state index in [9.17, 15) is 4.79 Å². The van der Waals surface area contributed by atoms with Crippen LogP contribution in [-0.2, 0) is 4.79 Å². The molecular formula is C14H29N3O. The summed E-state index contributed by atoms with van der Waals surface area (Å²) in [6.45, 7) is 9.55. The third-order valence-corrected chi connectivity index (χ3v) is 4.22. The SMILES string of the molecule is CCN(CC)C(=O)CC(CN)N(C)CC1CC1C. The highest BCUT2D eigenvalue weighted by Gasteiger charge is 2.34. The number of carbonyl (C=O) groups excluding carboxylic acids is 1. The van der Waals surface area contributed by atoms with E-state index in [2.05, 4.69) is 18.9 Å². The average Bonchev–Trinajstić information content (AvgIpc) is 3.03. The van der Waals surface area contributed by atoms with Gasteiger partial charge in [-0.1, -0.05) is 6.92 Å². The molecule has 0 saturated heterocycles. The molecule has 0 aromatic carbocycles. The van der Waals surface area contributed by atoms with Crippen LogP contribution in [0, 0.1) is 11.8 Å². The van der Waals surface area contributed by atoms with E-state index in [0.717, 1.165) is 31.5 Å². The van der Waals surface area contributed by atoms with Crippen molar-refractivity contribution in [3.8, 4) is 0 Å². The van der Waals surface area contributed by atoms with Crippen molar-refractivity contribution in [2.24, 2.45) is 17.6 Å². The number of nitrogens with two attached hydrogens (primary N) is 1. The van der Waals surface area contributed by atoms with Gasteiger partial charge in [-0.3, -0.25) is 4.79 Å². The number of hydrogen-bond acceptors (Lipinski definition) is 3. The van der Waals surface area contributed by atoms with Gasteiger partial charge in [0.15, 0.2) is 0 Å². The molecule has 3 atom stereocenters. The van der Waals surface area contributed by atoms with Crippen LogP contribution >= 0.6 is 0 Å². The molecule has 1 aliphatic carbocycles. The van der Waals surface area contributed by atoms with Crippen molar-refractivity contribution in [2.45, 2.75) is 39.7 Å². The first kappa shape index (κ1) is 15.4. The molecule has 3 unspecified atom stereocenters. The summed E-state index contributed by atoms with van der Waals surface area (Å²) in [6, 6.07) is 0.186. The van der Waals surface area contributed by atoms with Crippen molar-refractivity contribution >= 4 is 5.91 Å². The van der Waals surface area contributed by atoms with Crippen molar-refractivity contribution in [3.05, 3.63) is 0 Å². The monoisotopic (exact) mass is 255 g/mol. The lowest BCUT2D eigenvalue weighted by Gasteiger charge is -2.29. The van der Waals surface area contributed by atoms with Crippen LogP contribution in [0.15, 0.2) is 0 Å². The second-order valence-electron chi connectivity index (χ2n) is 5.57. The summed E-state index contributed by atoms with van der Waals surface area (Å²) in [4.78, 5) is 16.2. The lowest BCUT2D eigenvalue weighted by molar-refractivity contribution is -0.132. The molecule has 0 aliphatic heterocycles. The lowest BCUT2D eigenvalue weighted by Crippen LogP contribution is -2.43. The lowest BCUT2D eigenvalue weighted by atomic mass is 10.1. The fourth-order valence-electron chi connectivity index (χ4n) is 2.50.